The molecular formula is C18H14O3. The fourth-order valence-electron chi connectivity index (χ4n) is 2.33. The number of hydrogen-bond acceptors (Lipinski definition) is 2. The molecule has 0 saturated carbocycles. The van der Waals surface area contributed by atoms with Crippen molar-refractivity contribution in [1.82, 2.24) is 0 Å². The standard InChI is InChI=1S/C18H14O3/c19-18(20)10-9-13-5-1-2-6-14(13)11-16-12-15-7-3-4-8-17(15)21-16/h1-10,12H,11H2,(H,19,20)/b10-9+. The molecular weight excluding hydrogens is 264 g/mol. The minimum absolute atomic E-state index is 0.634. The van der Waals surface area contributed by atoms with Crippen molar-refractivity contribution in [2.75, 3.05) is 0 Å². The molecule has 0 aliphatic carbocycles. The Bertz CT molecular complexity index is 779. The lowest BCUT2D eigenvalue weighted by Crippen LogP contribution is -1.91. The van der Waals surface area contributed by atoms with E-state index in [4.69, 9.17) is 9.52 Å². The Morgan fingerprint density at radius 1 is 1.10 bits per heavy atom. The third kappa shape index (κ3) is 3.03. The zero-order chi connectivity index (χ0) is 14.7. The van der Waals surface area contributed by atoms with E-state index in [0.29, 0.717) is 6.42 Å². The highest BCUT2D eigenvalue weighted by Crippen LogP contribution is 2.22. The molecule has 1 aromatic heterocycles. The third-order valence-corrected chi connectivity index (χ3v) is 3.30. The van der Waals surface area contributed by atoms with Crippen molar-refractivity contribution in [3.05, 3.63) is 77.6 Å². The first-order valence-corrected chi connectivity index (χ1v) is 6.69. The number of carboxylic acids is 1. The second-order valence-electron chi connectivity index (χ2n) is 4.80. The van der Waals surface area contributed by atoms with E-state index in [2.05, 4.69) is 0 Å². The summed E-state index contributed by atoms with van der Waals surface area (Å²) in [7, 11) is 0. The van der Waals surface area contributed by atoms with Gasteiger partial charge in [-0.1, -0.05) is 42.5 Å². The number of carbonyl (C=O) groups is 1. The fourth-order valence-corrected chi connectivity index (χ4v) is 2.33. The first-order chi connectivity index (χ1) is 10.2. The van der Waals surface area contributed by atoms with Gasteiger partial charge in [-0.2, -0.15) is 0 Å². The molecule has 0 fully saturated rings. The van der Waals surface area contributed by atoms with Gasteiger partial charge >= 0.3 is 5.97 Å². The van der Waals surface area contributed by atoms with Crippen molar-refractivity contribution in [1.29, 1.82) is 0 Å². The number of hydrogen-bond donors (Lipinski definition) is 1. The normalized spacial score (nSPS) is 11.2. The molecule has 0 aliphatic rings. The van der Waals surface area contributed by atoms with Crippen LogP contribution in [0.2, 0.25) is 0 Å². The van der Waals surface area contributed by atoms with Crippen LogP contribution in [0.3, 0.4) is 0 Å². The van der Waals surface area contributed by atoms with Gasteiger partial charge < -0.3 is 9.52 Å². The van der Waals surface area contributed by atoms with Crippen molar-refractivity contribution in [3.63, 3.8) is 0 Å². The van der Waals surface area contributed by atoms with Crippen LogP contribution < -0.4 is 0 Å². The van der Waals surface area contributed by atoms with Gasteiger partial charge in [0.2, 0.25) is 0 Å². The number of carboxylic acid groups (broad SMARTS) is 1. The highest BCUT2D eigenvalue weighted by atomic mass is 16.4. The maximum atomic E-state index is 10.7. The molecule has 3 nitrogen and oxygen atoms in total. The largest absolute Gasteiger partial charge is 0.478 e. The average molecular weight is 278 g/mol. The number of rotatable bonds is 4. The summed E-state index contributed by atoms with van der Waals surface area (Å²) in [6.07, 6.45) is 3.40. The van der Waals surface area contributed by atoms with Crippen LogP contribution in [0.5, 0.6) is 0 Å². The molecule has 3 heteroatoms. The summed E-state index contributed by atoms with van der Waals surface area (Å²) in [4.78, 5) is 10.7. The summed E-state index contributed by atoms with van der Waals surface area (Å²) in [5.41, 5.74) is 2.79. The topological polar surface area (TPSA) is 50.4 Å². The third-order valence-electron chi connectivity index (χ3n) is 3.30. The van der Waals surface area contributed by atoms with Gasteiger partial charge in [0.25, 0.3) is 0 Å². The van der Waals surface area contributed by atoms with Crippen LogP contribution in [0.15, 0.2) is 65.1 Å². The molecule has 1 N–H and O–H groups in total. The average Bonchev–Trinajstić information content (AvgIpc) is 2.88. The Labute approximate surface area is 122 Å². The van der Waals surface area contributed by atoms with Crippen LogP contribution in [0.4, 0.5) is 0 Å². The number of furan rings is 1. The highest BCUT2D eigenvalue weighted by Gasteiger charge is 2.06. The van der Waals surface area contributed by atoms with Crippen molar-refractivity contribution in [2.45, 2.75) is 6.42 Å². The molecule has 0 saturated heterocycles. The zero-order valence-corrected chi connectivity index (χ0v) is 11.3. The molecule has 0 radical (unpaired) electrons. The summed E-state index contributed by atoms with van der Waals surface area (Å²) in [6.45, 7) is 0. The van der Waals surface area contributed by atoms with E-state index in [1.165, 1.54) is 0 Å². The number of fused-ring (bicyclic) bond motifs is 1. The quantitative estimate of drug-likeness (QED) is 0.730. The fraction of sp³-hybridized carbons (Fsp3) is 0.0556. The smallest absolute Gasteiger partial charge is 0.328 e. The lowest BCUT2D eigenvalue weighted by Gasteiger charge is -2.03. The molecule has 1 heterocycles. The van der Waals surface area contributed by atoms with Crippen molar-refractivity contribution >= 4 is 23.0 Å². The zero-order valence-electron chi connectivity index (χ0n) is 11.3. The molecule has 2 aromatic carbocycles. The van der Waals surface area contributed by atoms with E-state index in [1.54, 1.807) is 6.08 Å². The van der Waals surface area contributed by atoms with Gasteiger partial charge in [0, 0.05) is 17.9 Å². The summed E-state index contributed by atoms with van der Waals surface area (Å²) in [5.74, 6) is -0.0825. The van der Waals surface area contributed by atoms with Gasteiger partial charge in [-0.05, 0) is 29.3 Å². The van der Waals surface area contributed by atoms with Gasteiger partial charge in [-0.25, -0.2) is 4.79 Å². The summed E-state index contributed by atoms with van der Waals surface area (Å²) >= 11 is 0. The van der Waals surface area contributed by atoms with Crippen LogP contribution in [-0.4, -0.2) is 11.1 Å². The molecule has 0 aliphatic heterocycles. The lowest BCUT2D eigenvalue weighted by atomic mass is 10.0. The van der Waals surface area contributed by atoms with Gasteiger partial charge in [0.15, 0.2) is 0 Å². The molecule has 0 atom stereocenters. The summed E-state index contributed by atoms with van der Waals surface area (Å²) in [6, 6.07) is 17.6. The first kappa shape index (κ1) is 13.2. The predicted octanol–water partition coefficient (Wildman–Crippen LogP) is 4.12. The van der Waals surface area contributed by atoms with Gasteiger partial charge in [-0.3, -0.25) is 0 Å². The monoisotopic (exact) mass is 278 g/mol. The van der Waals surface area contributed by atoms with Crippen LogP contribution in [0, 0.1) is 0 Å². The van der Waals surface area contributed by atoms with E-state index in [-0.39, 0.29) is 0 Å². The Balaban J connectivity index is 1.92. The van der Waals surface area contributed by atoms with Gasteiger partial charge in [0.05, 0.1) is 0 Å². The minimum atomic E-state index is -0.950. The van der Waals surface area contributed by atoms with Crippen LogP contribution in [0.25, 0.3) is 17.0 Å². The SMILES string of the molecule is O=C(O)/C=C/c1ccccc1Cc1cc2ccccc2o1. The minimum Gasteiger partial charge on any atom is -0.478 e. The van der Waals surface area contributed by atoms with Crippen molar-refractivity contribution in [3.8, 4) is 0 Å². The summed E-state index contributed by atoms with van der Waals surface area (Å²) < 4.78 is 5.81. The van der Waals surface area contributed by atoms with Crippen LogP contribution in [-0.2, 0) is 11.2 Å². The van der Waals surface area contributed by atoms with Gasteiger partial charge in [0.1, 0.15) is 11.3 Å². The predicted molar refractivity (Wildman–Crippen MR) is 82.1 cm³/mol. The number of para-hydroxylation sites is 1. The van der Waals surface area contributed by atoms with E-state index in [0.717, 1.165) is 33.9 Å². The molecule has 0 amide bonds. The maximum Gasteiger partial charge on any atom is 0.328 e. The van der Waals surface area contributed by atoms with Crippen LogP contribution in [0.1, 0.15) is 16.9 Å². The molecule has 0 unspecified atom stereocenters. The Morgan fingerprint density at radius 2 is 1.86 bits per heavy atom. The number of benzene rings is 2. The Hall–Kier alpha value is -2.81. The number of aliphatic carboxylic acids is 1. The van der Waals surface area contributed by atoms with Crippen LogP contribution >= 0.6 is 0 Å². The first-order valence-electron chi connectivity index (χ1n) is 6.69. The Morgan fingerprint density at radius 3 is 2.67 bits per heavy atom. The second kappa shape index (κ2) is 5.67. The summed E-state index contributed by atoms with van der Waals surface area (Å²) in [5, 5.41) is 9.82. The maximum absolute atomic E-state index is 10.7. The molecule has 0 bridgehead atoms. The molecule has 3 rings (SSSR count). The molecule has 3 aromatic rings. The van der Waals surface area contributed by atoms with E-state index >= 15 is 0 Å². The molecule has 104 valence electrons. The molecule has 0 spiro atoms. The van der Waals surface area contributed by atoms with Gasteiger partial charge in [-0.15, -0.1) is 0 Å². The van der Waals surface area contributed by atoms with Crippen molar-refractivity contribution in [2.24, 2.45) is 0 Å². The Kier molecular flexibility index (Phi) is 3.56. The van der Waals surface area contributed by atoms with Crippen molar-refractivity contribution < 1.29 is 14.3 Å². The highest BCUT2D eigenvalue weighted by molar-refractivity contribution is 5.85. The lowest BCUT2D eigenvalue weighted by molar-refractivity contribution is -0.131. The second-order valence-corrected chi connectivity index (χ2v) is 4.80. The molecule has 21 heavy (non-hydrogen) atoms. The van der Waals surface area contributed by atoms with E-state index in [9.17, 15) is 4.79 Å². The van der Waals surface area contributed by atoms with E-state index in [1.807, 2.05) is 54.6 Å². The van der Waals surface area contributed by atoms with E-state index < -0.39 is 5.97 Å².